The first-order valence-electron chi connectivity index (χ1n) is 4.07. The molecule has 0 atom stereocenters. The number of pyridine rings is 1. The van der Waals surface area contributed by atoms with Gasteiger partial charge in [0.1, 0.15) is 4.90 Å². The van der Waals surface area contributed by atoms with Gasteiger partial charge in [0.15, 0.2) is 0 Å². The number of aromatic amines is 1. The minimum atomic E-state index is -4.66. The predicted octanol–water partition coefficient (Wildman–Crippen LogP) is -0.283. The second kappa shape index (κ2) is 4.06. The van der Waals surface area contributed by atoms with Gasteiger partial charge in [0, 0.05) is 11.8 Å². The van der Waals surface area contributed by atoms with Crippen LogP contribution in [0.15, 0.2) is 15.9 Å². The molecule has 0 radical (unpaired) electrons. The molecule has 1 heterocycles. The van der Waals surface area contributed by atoms with Crippen molar-refractivity contribution in [1.29, 1.82) is 0 Å². The van der Waals surface area contributed by atoms with Gasteiger partial charge in [0.05, 0.1) is 12.7 Å². The standard InChI is InChI=1S/C8H9NO6S/c1-4-6(16(12,13)14)5(8(11)15-2)3-9-7(4)10/h3H,1-2H3,(H,9,10)(H,12,13,14). The zero-order valence-corrected chi connectivity index (χ0v) is 9.29. The SMILES string of the molecule is COC(=O)c1c[nH]c(=O)c(C)c1S(=O)(=O)O. The number of esters is 1. The largest absolute Gasteiger partial charge is 0.465 e. The number of methoxy groups -OCH3 is 1. The Morgan fingerprint density at radius 2 is 2.06 bits per heavy atom. The zero-order valence-electron chi connectivity index (χ0n) is 8.47. The average Bonchev–Trinajstić information content (AvgIpc) is 2.18. The summed E-state index contributed by atoms with van der Waals surface area (Å²) in [7, 11) is -3.61. The summed E-state index contributed by atoms with van der Waals surface area (Å²) in [6.07, 6.45) is 0.879. The van der Waals surface area contributed by atoms with E-state index in [1.165, 1.54) is 6.92 Å². The van der Waals surface area contributed by atoms with Crippen LogP contribution >= 0.6 is 0 Å². The topological polar surface area (TPSA) is 114 Å². The molecule has 0 fully saturated rings. The second-order valence-corrected chi connectivity index (χ2v) is 4.31. The quantitative estimate of drug-likeness (QED) is 0.548. The number of carbonyl (C=O) groups excluding carboxylic acids is 1. The highest BCUT2D eigenvalue weighted by molar-refractivity contribution is 7.86. The maximum atomic E-state index is 11.2. The molecule has 16 heavy (non-hydrogen) atoms. The van der Waals surface area contributed by atoms with E-state index < -0.39 is 32.1 Å². The molecule has 1 rings (SSSR count). The van der Waals surface area contributed by atoms with E-state index in [4.69, 9.17) is 4.55 Å². The highest BCUT2D eigenvalue weighted by Crippen LogP contribution is 2.17. The van der Waals surface area contributed by atoms with Crippen LogP contribution in [0.4, 0.5) is 0 Å². The highest BCUT2D eigenvalue weighted by atomic mass is 32.2. The molecule has 0 aliphatic heterocycles. The number of nitrogens with one attached hydrogen (secondary N) is 1. The monoisotopic (exact) mass is 247 g/mol. The van der Waals surface area contributed by atoms with Crippen molar-refractivity contribution in [3.63, 3.8) is 0 Å². The molecule has 0 amide bonds. The van der Waals surface area contributed by atoms with Crippen molar-refractivity contribution in [2.75, 3.05) is 7.11 Å². The number of carbonyl (C=O) groups is 1. The molecule has 0 spiro atoms. The minimum Gasteiger partial charge on any atom is -0.465 e. The maximum Gasteiger partial charge on any atom is 0.340 e. The Kier molecular flexibility index (Phi) is 3.15. The van der Waals surface area contributed by atoms with Gasteiger partial charge in [-0.2, -0.15) is 8.42 Å². The fraction of sp³-hybridized carbons (Fsp3) is 0.250. The lowest BCUT2D eigenvalue weighted by atomic mass is 10.2. The number of H-pyrrole nitrogens is 1. The summed E-state index contributed by atoms with van der Waals surface area (Å²) in [6, 6.07) is 0. The molecule has 2 N–H and O–H groups in total. The fourth-order valence-electron chi connectivity index (χ4n) is 1.21. The van der Waals surface area contributed by atoms with E-state index in [2.05, 4.69) is 9.72 Å². The van der Waals surface area contributed by atoms with E-state index in [9.17, 15) is 18.0 Å². The first-order valence-corrected chi connectivity index (χ1v) is 5.51. The normalized spacial score (nSPS) is 11.2. The van der Waals surface area contributed by atoms with Crippen LogP contribution in [0, 0.1) is 6.92 Å². The van der Waals surface area contributed by atoms with Crippen molar-refractivity contribution in [3.05, 3.63) is 27.7 Å². The molecule has 0 bridgehead atoms. The van der Waals surface area contributed by atoms with Crippen molar-refractivity contribution in [1.82, 2.24) is 4.98 Å². The lowest BCUT2D eigenvalue weighted by Gasteiger charge is -2.06. The van der Waals surface area contributed by atoms with Crippen LogP contribution in [0.2, 0.25) is 0 Å². The number of hydrogen-bond acceptors (Lipinski definition) is 5. The molecule has 7 nitrogen and oxygen atoms in total. The molecular weight excluding hydrogens is 238 g/mol. The van der Waals surface area contributed by atoms with Crippen LogP contribution in [0.1, 0.15) is 15.9 Å². The predicted molar refractivity (Wildman–Crippen MR) is 53.0 cm³/mol. The Morgan fingerprint density at radius 3 is 2.50 bits per heavy atom. The summed E-state index contributed by atoms with van der Waals surface area (Å²) in [6.45, 7) is 1.17. The third kappa shape index (κ3) is 2.12. The number of ether oxygens (including phenoxy) is 1. The van der Waals surface area contributed by atoms with Gasteiger partial charge in [0.2, 0.25) is 0 Å². The molecule has 0 aliphatic carbocycles. The number of aromatic nitrogens is 1. The molecule has 0 saturated heterocycles. The van der Waals surface area contributed by atoms with Crippen molar-refractivity contribution in [2.45, 2.75) is 11.8 Å². The smallest absolute Gasteiger partial charge is 0.340 e. The van der Waals surface area contributed by atoms with Gasteiger partial charge in [-0.05, 0) is 6.92 Å². The minimum absolute atomic E-state index is 0.273. The molecule has 1 aromatic rings. The highest BCUT2D eigenvalue weighted by Gasteiger charge is 2.25. The van der Waals surface area contributed by atoms with Crippen molar-refractivity contribution < 1.29 is 22.5 Å². The summed E-state index contributed by atoms with van der Waals surface area (Å²) in [5, 5.41) is 0. The maximum absolute atomic E-state index is 11.2. The van der Waals surface area contributed by atoms with E-state index in [-0.39, 0.29) is 5.56 Å². The van der Waals surface area contributed by atoms with Crippen molar-refractivity contribution >= 4 is 16.1 Å². The van der Waals surface area contributed by atoms with E-state index in [0.717, 1.165) is 13.3 Å². The molecule has 0 unspecified atom stereocenters. The molecule has 0 aromatic carbocycles. The summed E-state index contributed by atoms with van der Waals surface area (Å²) in [5.41, 5.74) is -1.40. The number of rotatable bonds is 2. The molecule has 0 aliphatic rings. The molecule has 88 valence electrons. The molecule has 8 heteroatoms. The zero-order chi connectivity index (χ0) is 12.5. The van der Waals surface area contributed by atoms with Crippen LogP contribution in [0.5, 0.6) is 0 Å². The van der Waals surface area contributed by atoms with Crippen LogP contribution in [-0.4, -0.2) is 31.0 Å². The van der Waals surface area contributed by atoms with E-state index >= 15 is 0 Å². The van der Waals surface area contributed by atoms with Gasteiger partial charge in [-0.3, -0.25) is 9.35 Å². The molecular formula is C8H9NO6S. The summed E-state index contributed by atoms with van der Waals surface area (Å²) in [5.74, 6) is -0.966. The Morgan fingerprint density at radius 1 is 1.50 bits per heavy atom. The Hall–Kier alpha value is -1.67. The van der Waals surface area contributed by atoms with Crippen LogP contribution < -0.4 is 5.56 Å². The van der Waals surface area contributed by atoms with Crippen molar-refractivity contribution in [2.24, 2.45) is 0 Å². The fourth-order valence-corrected chi connectivity index (χ4v) is 2.11. The second-order valence-electron chi connectivity index (χ2n) is 2.95. The van der Waals surface area contributed by atoms with Gasteiger partial charge < -0.3 is 9.72 Å². The summed E-state index contributed by atoms with van der Waals surface area (Å²) < 4.78 is 35.3. The van der Waals surface area contributed by atoms with Crippen molar-refractivity contribution in [3.8, 4) is 0 Å². The Bertz CT molecular complexity index is 585. The van der Waals surface area contributed by atoms with Crippen LogP contribution in [-0.2, 0) is 14.9 Å². The van der Waals surface area contributed by atoms with Crippen LogP contribution in [0.3, 0.4) is 0 Å². The van der Waals surface area contributed by atoms with Gasteiger partial charge in [-0.15, -0.1) is 0 Å². The average molecular weight is 247 g/mol. The lowest BCUT2D eigenvalue weighted by molar-refractivity contribution is 0.0595. The first kappa shape index (κ1) is 12.4. The third-order valence-electron chi connectivity index (χ3n) is 1.94. The van der Waals surface area contributed by atoms with E-state index in [1.54, 1.807) is 0 Å². The van der Waals surface area contributed by atoms with Gasteiger partial charge in [0.25, 0.3) is 15.7 Å². The lowest BCUT2D eigenvalue weighted by Crippen LogP contribution is -2.20. The van der Waals surface area contributed by atoms with Gasteiger partial charge in [-0.1, -0.05) is 0 Å². The van der Waals surface area contributed by atoms with E-state index in [0.29, 0.717) is 0 Å². The summed E-state index contributed by atoms with van der Waals surface area (Å²) >= 11 is 0. The first-order chi connectivity index (χ1) is 7.29. The van der Waals surface area contributed by atoms with Crippen LogP contribution in [0.25, 0.3) is 0 Å². The Labute approximate surface area is 90.8 Å². The number of hydrogen-bond donors (Lipinski definition) is 2. The third-order valence-corrected chi connectivity index (χ3v) is 2.98. The molecule has 0 saturated carbocycles. The van der Waals surface area contributed by atoms with E-state index in [1.807, 2.05) is 0 Å². The Balaban J connectivity index is 3.72. The van der Waals surface area contributed by atoms with Gasteiger partial charge in [-0.25, -0.2) is 4.79 Å². The summed E-state index contributed by atoms with van der Waals surface area (Å²) in [4.78, 5) is 23.8. The molecule has 1 aromatic heterocycles. The van der Waals surface area contributed by atoms with Gasteiger partial charge >= 0.3 is 5.97 Å².